The molecule has 2 aliphatic rings. The average Bonchev–Trinajstić information content (AvgIpc) is 3.26. The molecule has 2 heterocycles. The number of hydrogen-bond donors (Lipinski definition) is 1. The van der Waals surface area contributed by atoms with E-state index in [-0.39, 0.29) is 47.8 Å². The molecule has 1 atom stereocenters. The Morgan fingerprint density at radius 2 is 1.86 bits per heavy atom. The first kappa shape index (κ1) is 25.2. The average molecular weight is 532 g/mol. The summed E-state index contributed by atoms with van der Waals surface area (Å²) in [6.07, 6.45) is -4.10. The van der Waals surface area contributed by atoms with Gasteiger partial charge in [0.25, 0.3) is 0 Å². The van der Waals surface area contributed by atoms with Crippen molar-refractivity contribution in [3.05, 3.63) is 74.5 Å². The van der Waals surface area contributed by atoms with E-state index in [1.165, 1.54) is 23.1 Å². The summed E-state index contributed by atoms with van der Waals surface area (Å²) < 4.78 is 71.7. The van der Waals surface area contributed by atoms with Crippen LogP contribution in [0.1, 0.15) is 35.6 Å². The molecule has 1 unspecified atom stereocenters. The van der Waals surface area contributed by atoms with E-state index in [2.05, 4.69) is 5.48 Å². The number of halogens is 7. The maximum absolute atomic E-state index is 15.3. The van der Waals surface area contributed by atoms with E-state index in [1.807, 2.05) is 6.07 Å². The molecule has 12 heteroatoms. The maximum Gasteiger partial charge on any atom is 0.428 e. The molecule has 2 aliphatic heterocycles. The monoisotopic (exact) mass is 531 g/mol. The van der Waals surface area contributed by atoms with Crippen LogP contribution in [-0.4, -0.2) is 30.1 Å². The lowest BCUT2D eigenvalue weighted by atomic mass is 9.83. The lowest BCUT2D eigenvalue weighted by molar-refractivity contribution is -0.269. The highest BCUT2D eigenvalue weighted by molar-refractivity contribution is 6.35. The van der Waals surface area contributed by atoms with Gasteiger partial charge in [0.2, 0.25) is 11.5 Å². The van der Waals surface area contributed by atoms with Crippen LogP contribution >= 0.6 is 23.2 Å². The van der Waals surface area contributed by atoms with Crippen molar-refractivity contribution < 1.29 is 31.6 Å². The minimum Gasteiger partial charge on any atom is -0.335 e. The Bertz CT molecular complexity index is 1260. The zero-order valence-electron chi connectivity index (χ0n) is 17.9. The Balaban J connectivity index is 1.72. The third-order valence-corrected chi connectivity index (χ3v) is 6.53. The molecule has 0 spiro atoms. The molecule has 0 aromatic heterocycles. The fraction of sp³-hybridized carbons (Fsp3) is 0.304. The number of benzene rings is 2. The SMILES string of the molecule is CCC(=O)N1CC(F)(c2ccc(C3=CC(c4cc(Cl)c(F)c(Cl)c4)(C(F)(F)F)ON3)cc2C#N)C1. The molecule has 1 N–H and O–H groups in total. The van der Waals surface area contributed by atoms with Crippen LogP contribution in [0.3, 0.4) is 0 Å². The number of rotatable bonds is 4. The van der Waals surface area contributed by atoms with Gasteiger partial charge in [-0.1, -0.05) is 42.3 Å². The van der Waals surface area contributed by atoms with Crippen molar-refractivity contribution in [2.75, 3.05) is 13.1 Å². The van der Waals surface area contributed by atoms with E-state index in [4.69, 9.17) is 28.0 Å². The summed E-state index contributed by atoms with van der Waals surface area (Å²) >= 11 is 11.4. The lowest BCUT2D eigenvalue weighted by Gasteiger charge is -2.45. The predicted molar refractivity (Wildman–Crippen MR) is 117 cm³/mol. The largest absolute Gasteiger partial charge is 0.428 e. The minimum absolute atomic E-state index is 0.0302. The van der Waals surface area contributed by atoms with Gasteiger partial charge < -0.3 is 4.90 Å². The summed E-state index contributed by atoms with van der Waals surface area (Å²) in [7, 11) is 0. The summed E-state index contributed by atoms with van der Waals surface area (Å²) in [6, 6.07) is 7.23. The summed E-state index contributed by atoms with van der Waals surface area (Å²) in [5.41, 5.74) is -3.51. The minimum atomic E-state index is -5.02. The number of carbonyl (C=O) groups is 1. The summed E-state index contributed by atoms with van der Waals surface area (Å²) in [6.45, 7) is 1.21. The zero-order valence-corrected chi connectivity index (χ0v) is 19.5. The number of nitrogens with one attached hydrogen (secondary N) is 1. The number of hydroxylamine groups is 1. The first-order chi connectivity index (χ1) is 16.3. The third kappa shape index (κ3) is 4.11. The van der Waals surface area contributed by atoms with Crippen molar-refractivity contribution in [2.45, 2.75) is 30.8 Å². The Morgan fingerprint density at radius 1 is 1.23 bits per heavy atom. The van der Waals surface area contributed by atoms with Crippen molar-refractivity contribution in [2.24, 2.45) is 0 Å². The second kappa shape index (κ2) is 8.66. The number of nitriles is 1. The van der Waals surface area contributed by atoms with Crippen molar-refractivity contribution in [1.82, 2.24) is 10.4 Å². The first-order valence-electron chi connectivity index (χ1n) is 10.3. The molecule has 0 saturated carbocycles. The highest BCUT2D eigenvalue weighted by atomic mass is 35.5. The highest BCUT2D eigenvalue weighted by Crippen LogP contribution is 2.49. The molecule has 184 valence electrons. The van der Waals surface area contributed by atoms with Crippen molar-refractivity contribution >= 4 is 34.8 Å². The molecule has 1 amide bonds. The molecule has 35 heavy (non-hydrogen) atoms. The van der Waals surface area contributed by atoms with Crippen LogP contribution < -0.4 is 5.48 Å². The van der Waals surface area contributed by atoms with Gasteiger partial charge in [0.05, 0.1) is 40.5 Å². The molecule has 0 bridgehead atoms. The predicted octanol–water partition coefficient (Wildman–Crippen LogP) is 5.75. The third-order valence-electron chi connectivity index (χ3n) is 5.98. The number of likely N-dealkylation sites (tertiary alicyclic amines) is 1. The number of nitrogens with zero attached hydrogens (tertiary/aromatic N) is 2. The van der Waals surface area contributed by atoms with Crippen molar-refractivity contribution in [1.29, 1.82) is 5.26 Å². The number of alkyl halides is 4. The van der Waals surface area contributed by atoms with E-state index in [0.29, 0.717) is 6.08 Å². The highest BCUT2D eigenvalue weighted by Gasteiger charge is 2.60. The first-order valence-corrected chi connectivity index (χ1v) is 11.0. The second-order valence-electron chi connectivity index (χ2n) is 8.19. The van der Waals surface area contributed by atoms with Crippen LogP contribution in [0.5, 0.6) is 0 Å². The normalized spacial score (nSPS) is 21.1. The number of carbonyl (C=O) groups excluding carboxylic acids is 1. The van der Waals surface area contributed by atoms with Crippen molar-refractivity contribution in [3.8, 4) is 6.07 Å². The molecule has 0 radical (unpaired) electrons. The van der Waals surface area contributed by atoms with Crippen LogP contribution in [0.15, 0.2) is 36.4 Å². The fourth-order valence-electron chi connectivity index (χ4n) is 4.08. The topological polar surface area (TPSA) is 65.4 Å². The van der Waals surface area contributed by atoms with Crippen LogP contribution in [0, 0.1) is 17.1 Å². The Hall–Kier alpha value is -2.87. The summed E-state index contributed by atoms with van der Waals surface area (Å²) in [5, 5.41) is 8.33. The molecule has 1 saturated heterocycles. The summed E-state index contributed by atoms with van der Waals surface area (Å²) in [4.78, 5) is 18.0. The molecule has 5 nitrogen and oxygen atoms in total. The quantitative estimate of drug-likeness (QED) is 0.402. The smallest absolute Gasteiger partial charge is 0.335 e. The van der Waals surface area contributed by atoms with E-state index in [0.717, 1.165) is 12.1 Å². The van der Waals surface area contributed by atoms with Gasteiger partial charge in [-0.05, 0) is 24.3 Å². The van der Waals surface area contributed by atoms with E-state index < -0.39 is 38.9 Å². The van der Waals surface area contributed by atoms with Gasteiger partial charge in [0.15, 0.2) is 11.5 Å². The fourth-order valence-corrected chi connectivity index (χ4v) is 4.57. The molecule has 2 aromatic carbocycles. The Kier molecular flexibility index (Phi) is 6.24. The van der Waals surface area contributed by atoms with Gasteiger partial charge in [0.1, 0.15) is 0 Å². The van der Waals surface area contributed by atoms with Crippen LogP contribution in [-0.2, 0) is 20.9 Å². The summed E-state index contributed by atoms with van der Waals surface area (Å²) in [5.74, 6) is -1.30. The van der Waals surface area contributed by atoms with Crippen LogP contribution in [0.25, 0.3) is 5.70 Å². The molecule has 2 aromatic rings. The number of hydrogen-bond acceptors (Lipinski definition) is 4. The van der Waals surface area contributed by atoms with E-state index in [1.54, 1.807) is 6.92 Å². The van der Waals surface area contributed by atoms with Crippen molar-refractivity contribution in [3.63, 3.8) is 0 Å². The van der Waals surface area contributed by atoms with Gasteiger partial charge in [-0.3, -0.25) is 15.1 Å². The standard InChI is InChI=1S/C23H16Cl2F5N3O2/c1-2-19(34)33-10-21(27,11-33)15-4-3-12(5-13(15)9-31)18-8-22(35-32-18,23(28,29)30)14-6-16(24)20(26)17(25)7-14/h3-8,32H,2,10-11H2,1H3. The maximum atomic E-state index is 15.3. The lowest BCUT2D eigenvalue weighted by Crippen LogP contribution is -2.58. The zero-order chi connectivity index (χ0) is 25.8. The van der Waals surface area contributed by atoms with Gasteiger partial charge in [-0.2, -0.15) is 18.4 Å². The van der Waals surface area contributed by atoms with Crippen LogP contribution in [0.4, 0.5) is 22.0 Å². The molecule has 1 fully saturated rings. The Morgan fingerprint density at radius 3 is 2.40 bits per heavy atom. The number of amides is 1. The molecule has 4 rings (SSSR count). The molecule has 0 aliphatic carbocycles. The molecular formula is C23H16Cl2F5N3O2. The van der Waals surface area contributed by atoms with E-state index in [9.17, 15) is 27.6 Å². The van der Waals surface area contributed by atoms with Gasteiger partial charge in [-0.25, -0.2) is 8.78 Å². The van der Waals surface area contributed by atoms with E-state index >= 15 is 4.39 Å². The Labute approximate surface area is 206 Å². The van der Waals surface area contributed by atoms with Gasteiger partial charge >= 0.3 is 6.18 Å². The second-order valence-corrected chi connectivity index (χ2v) is 9.00. The van der Waals surface area contributed by atoms with Crippen LogP contribution in [0.2, 0.25) is 10.0 Å². The molecular weight excluding hydrogens is 516 g/mol. The van der Waals surface area contributed by atoms with Gasteiger partial charge in [0, 0.05) is 23.1 Å². The van der Waals surface area contributed by atoms with Gasteiger partial charge in [-0.15, -0.1) is 0 Å².